The first-order valence-electron chi connectivity index (χ1n) is 7.09. The van der Waals surface area contributed by atoms with Crippen LogP contribution in [0.5, 0.6) is 0 Å². The van der Waals surface area contributed by atoms with Crippen LogP contribution in [-0.4, -0.2) is 54.0 Å². The third-order valence-electron chi connectivity index (χ3n) is 3.80. The Labute approximate surface area is 120 Å². The van der Waals surface area contributed by atoms with Gasteiger partial charge in [0.1, 0.15) is 0 Å². The molecule has 110 valence electrons. The van der Waals surface area contributed by atoms with Crippen LogP contribution in [0.3, 0.4) is 0 Å². The summed E-state index contributed by atoms with van der Waals surface area (Å²) in [5.41, 5.74) is 1.02. The van der Waals surface area contributed by atoms with Crippen molar-refractivity contribution in [3.63, 3.8) is 0 Å². The number of carbonyl (C=O) groups excluding carboxylic acids is 1. The average Bonchev–Trinajstić information content (AvgIpc) is 3.00. The molecule has 1 aromatic heterocycles. The number of carbonyl (C=O) groups is 1. The zero-order valence-electron chi connectivity index (χ0n) is 12.5. The van der Waals surface area contributed by atoms with Gasteiger partial charge in [-0.25, -0.2) is 9.97 Å². The average molecular weight is 277 g/mol. The maximum absolute atomic E-state index is 11.6. The van der Waals surface area contributed by atoms with Crippen molar-refractivity contribution in [1.29, 1.82) is 0 Å². The van der Waals surface area contributed by atoms with Gasteiger partial charge < -0.3 is 10.2 Å². The molecular formula is C14H23N5O. The molecule has 1 N–H and O–H groups in total. The van der Waals surface area contributed by atoms with E-state index in [9.17, 15) is 4.79 Å². The van der Waals surface area contributed by atoms with E-state index in [0.717, 1.165) is 24.6 Å². The second kappa shape index (κ2) is 6.65. The molecule has 20 heavy (non-hydrogen) atoms. The van der Waals surface area contributed by atoms with Crippen LogP contribution in [0.25, 0.3) is 0 Å². The highest BCUT2D eigenvalue weighted by molar-refractivity contribution is 5.80. The minimum Gasteiger partial charge on any atom is -0.358 e. The van der Waals surface area contributed by atoms with Gasteiger partial charge >= 0.3 is 0 Å². The van der Waals surface area contributed by atoms with Gasteiger partial charge in [-0.05, 0) is 26.8 Å². The molecule has 1 aromatic rings. The van der Waals surface area contributed by atoms with E-state index >= 15 is 0 Å². The number of nitrogens with one attached hydrogen (secondary N) is 1. The van der Waals surface area contributed by atoms with Crippen LogP contribution in [0.15, 0.2) is 12.4 Å². The summed E-state index contributed by atoms with van der Waals surface area (Å²) in [4.78, 5) is 24.6. The number of likely N-dealkylation sites (N-methyl/N-ethyl adjacent to an activating group) is 2. The Hall–Kier alpha value is -1.69. The second-order valence-corrected chi connectivity index (χ2v) is 5.29. The zero-order valence-corrected chi connectivity index (χ0v) is 12.5. The minimum absolute atomic E-state index is 0.0158. The van der Waals surface area contributed by atoms with E-state index in [1.807, 2.05) is 31.3 Å². The SMILES string of the molecule is CNC(=O)[C@@H](C)N(C)Cc1cnc(N2CCCC2)nc1. The van der Waals surface area contributed by atoms with E-state index in [1.165, 1.54) is 12.8 Å². The molecule has 0 aliphatic carbocycles. The fourth-order valence-corrected chi connectivity index (χ4v) is 2.34. The second-order valence-electron chi connectivity index (χ2n) is 5.29. The van der Waals surface area contributed by atoms with Gasteiger partial charge in [-0.2, -0.15) is 0 Å². The highest BCUT2D eigenvalue weighted by Gasteiger charge is 2.18. The number of nitrogens with zero attached hydrogens (tertiary/aromatic N) is 4. The topological polar surface area (TPSA) is 61.4 Å². The smallest absolute Gasteiger partial charge is 0.236 e. The zero-order chi connectivity index (χ0) is 14.5. The molecule has 0 radical (unpaired) electrons. The fraction of sp³-hybridized carbons (Fsp3) is 0.643. The summed E-state index contributed by atoms with van der Waals surface area (Å²) in [6, 6.07) is -0.168. The number of rotatable bonds is 5. The van der Waals surface area contributed by atoms with Crippen molar-refractivity contribution in [2.45, 2.75) is 32.4 Å². The molecule has 2 rings (SSSR count). The lowest BCUT2D eigenvalue weighted by Crippen LogP contribution is -2.41. The lowest BCUT2D eigenvalue weighted by atomic mass is 10.2. The first-order chi connectivity index (χ1) is 9.61. The Kier molecular flexibility index (Phi) is 4.89. The lowest BCUT2D eigenvalue weighted by molar-refractivity contribution is -0.125. The summed E-state index contributed by atoms with van der Waals surface area (Å²) in [5, 5.41) is 2.66. The molecule has 6 heteroatoms. The van der Waals surface area contributed by atoms with Gasteiger partial charge in [0.05, 0.1) is 6.04 Å². The molecule has 1 saturated heterocycles. The molecule has 6 nitrogen and oxygen atoms in total. The van der Waals surface area contributed by atoms with Crippen LogP contribution in [0.4, 0.5) is 5.95 Å². The number of aromatic nitrogens is 2. The standard InChI is InChI=1S/C14H23N5O/c1-11(13(20)15-2)18(3)10-12-8-16-14(17-9-12)19-6-4-5-7-19/h8-9,11H,4-7,10H2,1-3H3,(H,15,20)/t11-/m1/s1. The Bertz CT molecular complexity index is 441. The highest BCUT2D eigenvalue weighted by atomic mass is 16.2. The van der Waals surface area contributed by atoms with E-state index in [-0.39, 0.29) is 11.9 Å². The molecule has 0 spiro atoms. The molecular weight excluding hydrogens is 254 g/mol. The van der Waals surface area contributed by atoms with Crippen molar-refractivity contribution >= 4 is 11.9 Å². The van der Waals surface area contributed by atoms with Gasteiger partial charge in [-0.1, -0.05) is 0 Å². The third kappa shape index (κ3) is 3.45. The van der Waals surface area contributed by atoms with Crippen LogP contribution in [0.2, 0.25) is 0 Å². The molecule has 0 saturated carbocycles. The monoisotopic (exact) mass is 277 g/mol. The maximum Gasteiger partial charge on any atom is 0.236 e. The van der Waals surface area contributed by atoms with Gasteiger partial charge in [-0.15, -0.1) is 0 Å². The summed E-state index contributed by atoms with van der Waals surface area (Å²) in [6.07, 6.45) is 6.15. The first kappa shape index (κ1) is 14.7. The van der Waals surface area contributed by atoms with Gasteiger partial charge in [0.25, 0.3) is 0 Å². The van der Waals surface area contributed by atoms with E-state index in [2.05, 4.69) is 20.2 Å². The van der Waals surface area contributed by atoms with Crippen LogP contribution < -0.4 is 10.2 Å². The van der Waals surface area contributed by atoms with Gasteiger partial charge in [0.2, 0.25) is 11.9 Å². The number of hydrogen-bond donors (Lipinski definition) is 1. The minimum atomic E-state index is -0.168. The van der Waals surface area contributed by atoms with E-state index in [1.54, 1.807) is 7.05 Å². The van der Waals surface area contributed by atoms with Gasteiger partial charge in [-0.3, -0.25) is 9.69 Å². The predicted octanol–water partition coefficient (Wildman–Crippen LogP) is 0.643. The summed E-state index contributed by atoms with van der Waals surface area (Å²) in [7, 11) is 3.58. The van der Waals surface area contributed by atoms with Crippen molar-refractivity contribution in [3.05, 3.63) is 18.0 Å². The van der Waals surface area contributed by atoms with Gasteiger partial charge in [0, 0.05) is 44.6 Å². The highest BCUT2D eigenvalue weighted by Crippen LogP contribution is 2.15. The molecule has 0 bridgehead atoms. The van der Waals surface area contributed by atoms with Crippen molar-refractivity contribution in [1.82, 2.24) is 20.2 Å². The van der Waals surface area contributed by atoms with Crippen LogP contribution in [0.1, 0.15) is 25.3 Å². The van der Waals surface area contributed by atoms with Crippen molar-refractivity contribution in [3.8, 4) is 0 Å². The third-order valence-corrected chi connectivity index (χ3v) is 3.80. The number of anilines is 1. The van der Waals surface area contributed by atoms with Crippen LogP contribution in [-0.2, 0) is 11.3 Å². The van der Waals surface area contributed by atoms with E-state index in [0.29, 0.717) is 6.54 Å². The molecule has 1 fully saturated rings. The molecule has 1 amide bonds. The number of amides is 1. The van der Waals surface area contributed by atoms with Crippen LogP contribution in [0, 0.1) is 0 Å². The van der Waals surface area contributed by atoms with Crippen molar-refractivity contribution in [2.75, 3.05) is 32.1 Å². The number of hydrogen-bond acceptors (Lipinski definition) is 5. The molecule has 0 unspecified atom stereocenters. The molecule has 0 aromatic carbocycles. The molecule has 1 atom stereocenters. The predicted molar refractivity (Wildman–Crippen MR) is 78.5 cm³/mol. The van der Waals surface area contributed by atoms with E-state index < -0.39 is 0 Å². The maximum atomic E-state index is 11.6. The summed E-state index contributed by atoms with van der Waals surface area (Å²) in [5.74, 6) is 0.829. The Balaban J connectivity index is 1.94. The van der Waals surface area contributed by atoms with Crippen molar-refractivity contribution < 1.29 is 4.79 Å². The quantitative estimate of drug-likeness (QED) is 0.856. The molecule has 1 aliphatic rings. The summed E-state index contributed by atoms with van der Waals surface area (Å²) < 4.78 is 0. The Morgan fingerprint density at radius 2 is 2.00 bits per heavy atom. The van der Waals surface area contributed by atoms with Crippen LogP contribution >= 0.6 is 0 Å². The Morgan fingerprint density at radius 3 is 2.55 bits per heavy atom. The van der Waals surface area contributed by atoms with Crippen molar-refractivity contribution in [2.24, 2.45) is 0 Å². The summed E-state index contributed by atoms with van der Waals surface area (Å²) in [6.45, 7) is 4.65. The first-order valence-corrected chi connectivity index (χ1v) is 7.09. The Morgan fingerprint density at radius 1 is 1.40 bits per heavy atom. The lowest BCUT2D eigenvalue weighted by Gasteiger charge is -2.23. The molecule has 1 aliphatic heterocycles. The summed E-state index contributed by atoms with van der Waals surface area (Å²) >= 11 is 0. The van der Waals surface area contributed by atoms with E-state index in [4.69, 9.17) is 0 Å². The molecule has 2 heterocycles. The largest absolute Gasteiger partial charge is 0.358 e. The van der Waals surface area contributed by atoms with Gasteiger partial charge in [0.15, 0.2) is 0 Å². The normalized spacial score (nSPS) is 16.5. The fourth-order valence-electron chi connectivity index (χ4n) is 2.34.